The van der Waals surface area contributed by atoms with E-state index in [-0.39, 0.29) is 29.4 Å². The Balaban J connectivity index is 1.34. The first-order chi connectivity index (χ1) is 17.9. The van der Waals surface area contributed by atoms with Gasteiger partial charge in [0, 0.05) is 23.7 Å². The van der Waals surface area contributed by atoms with Crippen molar-refractivity contribution in [1.29, 1.82) is 0 Å². The summed E-state index contributed by atoms with van der Waals surface area (Å²) in [7, 11) is -3.79. The molecule has 1 fully saturated rings. The molecule has 7 heteroatoms. The fourth-order valence-corrected chi connectivity index (χ4v) is 5.93. The summed E-state index contributed by atoms with van der Waals surface area (Å²) in [4.78, 5) is 13.2. The minimum Gasteiger partial charge on any atom is -0.343 e. The van der Waals surface area contributed by atoms with Gasteiger partial charge < -0.3 is 5.32 Å². The number of nitrogens with one attached hydrogen (secondary N) is 1. The van der Waals surface area contributed by atoms with E-state index >= 15 is 0 Å². The van der Waals surface area contributed by atoms with Crippen molar-refractivity contribution in [1.82, 2.24) is 9.62 Å². The van der Waals surface area contributed by atoms with Crippen LogP contribution >= 0.6 is 11.6 Å². The summed E-state index contributed by atoms with van der Waals surface area (Å²) in [5, 5.41) is 3.66. The molecule has 0 bridgehead atoms. The van der Waals surface area contributed by atoms with Crippen LogP contribution in [0.25, 0.3) is 0 Å². The molecule has 0 saturated heterocycles. The molecule has 0 radical (unpaired) electrons. The van der Waals surface area contributed by atoms with E-state index in [0.717, 1.165) is 29.5 Å². The lowest BCUT2D eigenvalue weighted by Gasteiger charge is -2.23. The molecule has 0 spiro atoms. The molecule has 5 rings (SSSR count). The second-order valence-electron chi connectivity index (χ2n) is 9.31. The summed E-state index contributed by atoms with van der Waals surface area (Å²) in [6.45, 7) is 0.378. The van der Waals surface area contributed by atoms with Gasteiger partial charge in [0.2, 0.25) is 10.0 Å². The largest absolute Gasteiger partial charge is 0.343 e. The maximum atomic E-state index is 13.5. The molecule has 1 N–H and O–H groups in total. The first kappa shape index (κ1) is 25.2. The van der Waals surface area contributed by atoms with Crippen LogP contribution in [0.1, 0.15) is 39.9 Å². The lowest BCUT2D eigenvalue weighted by Crippen LogP contribution is -2.34. The molecule has 188 valence electrons. The molecule has 0 aromatic heterocycles. The minimum atomic E-state index is -3.79. The lowest BCUT2D eigenvalue weighted by molar-refractivity contribution is 0.0930. The molecule has 37 heavy (non-hydrogen) atoms. The quantitative estimate of drug-likeness (QED) is 0.282. The highest BCUT2D eigenvalue weighted by Gasteiger charge is 2.45. The molecule has 1 saturated carbocycles. The van der Waals surface area contributed by atoms with Crippen molar-refractivity contribution in [2.45, 2.75) is 36.4 Å². The van der Waals surface area contributed by atoms with E-state index in [1.165, 1.54) is 16.4 Å². The zero-order valence-electron chi connectivity index (χ0n) is 20.2. The van der Waals surface area contributed by atoms with E-state index in [1.54, 1.807) is 24.3 Å². The number of sulfonamides is 1. The smallest absolute Gasteiger partial charge is 0.251 e. The lowest BCUT2D eigenvalue weighted by atomic mass is 10.0. The van der Waals surface area contributed by atoms with Crippen LogP contribution in [-0.2, 0) is 28.7 Å². The predicted molar refractivity (Wildman–Crippen MR) is 146 cm³/mol. The van der Waals surface area contributed by atoms with Crippen LogP contribution in [0.2, 0.25) is 5.02 Å². The Labute approximate surface area is 222 Å². The van der Waals surface area contributed by atoms with Crippen molar-refractivity contribution < 1.29 is 13.2 Å². The molecule has 1 aliphatic carbocycles. The third-order valence-corrected chi connectivity index (χ3v) is 8.72. The van der Waals surface area contributed by atoms with Gasteiger partial charge in [0.15, 0.2) is 0 Å². The Morgan fingerprint density at radius 2 is 1.30 bits per heavy atom. The first-order valence-corrected chi connectivity index (χ1v) is 13.9. The number of hydrogen-bond donors (Lipinski definition) is 1. The van der Waals surface area contributed by atoms with Crippen LogP contribution in [0.15, 0.2) is 114 Å². The summed E-state index contributed by atoms with van der Waals surface area (Å²) < 4.78 is 28.5. The number of benzene rings is 4. The fourth-order valence-electron chi connectivity index (χ4n) is 4.39. The number of rotatable bonds is 9. The summed E-state index contributed by atoms with van der Waals surface area (Å²) in [6.07, 6.45) is 1.83. The maximum Gasteiger partial charge on any atom is 0.251 e. The molecule has 0 heterocycles. The maximum absolute atomic E-state index is 13.5. The Hall–Kier alpha value is -3.45. The normalized spacial score (nSPS) is 14.3. The average Bonchev–Trinajstić information content (AvgIpc) is 3.70. The Morgan fingerprint density at radius 3 is 1.86 bits per heavy atom. The van der Waals surface area contributed by atoms with E-state index in [2.05, 4.69) is 5.32 Å². The van der Waals surface area contributed by atoms with Crippen LogP contribution in [0.4, 0.5) is 0 Å². The summed E-state index contributed by atoms with van der Waals surface area (Å²) in [5.41, 5.74) is 3.03. The molecule has 4 aromatic carbocycles. The fraction of sp³-hybridized carbons (Fsp3) is 0.167. The van der Waals surface area contributed by atoms with Crippen LogP contribution in [0.5, 0.6) is 0 Å². The van der Waals surface area contributed by atoms with Gasteiger partial charge in [-0.15, -0.1) is 0 Å². The Kier molecular flexibility index (Phi) is 7.15. The van der Waals surface area contributed by atoms with Crippen molar-refractivity contribution in [3.63, 3.8) is 0 Å². The second-order valence-corrected chi connectivity index (χ2v) is 11.7. The summed E-state index contributed by atoms with van der Waals surface area (Å²) >= 11 is 5.98. The molecular formula is C30H27ClN2O3S. The van der Waals surface area contributed by atoms with Crippen LogP contribution in [-0.4, -0.2) is 18.6 Å². The van der Waals surface area contributed by atoms with Gasteiger partial charge in [0.1, 0.15) is 0 Å². The zero-order chi connectivity index (χ0) is 25.9. The van der Waals surface area contributed by atoms with Crippen LogP contribution < -0.4 is 5.32 Å². The number of hydrogen-bond acceptors (Lipinski definition) is 3. The van der Waals surface area contributed by atoms with Gasteiger partial charge in [0.05, 0.1) is 10.4 Å². The predicted octanol–water partition coefficient (Wildman–Crippen LogP) is 6.15. The van der Waals surface area contributed by atoms with Crippen molar-refractivity contribution >= 4 is 27.5 Å². The van der Waals surface area contributed by atoms with Gasteiger partial charge in [-0.3, -0.25) is 4.79 Å². The minimum absolute atomic E-state index is 0.136. The van der Waals surface area contributed by atoms with Crippen molar-refractivity contribution in [3.8, 4) is 0 Å². The molecule has 0 unspecified atom stereocenters. The van der Waals surface area contributed by atoms with Gasteiger partial charge in [-0.2, -0.15) is 4.31 Å². The molecule has 0 aliphatic heterocycles. The standard InChI is InChI=1S/C30H27ClN2O3S/c31-27-15-17-28(18-16-27)37(35,36)33(21-23-7-3-1-4-8-23)22-24-11-13-25(14-12-24)29(34)32-30(19-20-30)26-9-5-2-6-10-26/h1-18H,19-22H2,(H,32,34). The summed E-state index contributed by atoms with van der Waals surface area (Å²) in [6, 6.07) is 32.8. The summed E-state index contributed by atoms with van der Waals surface area (Å²) in [5.74, 6) is -0.136. The number of nitrogens with zero attached hydrogens (tertiary/aromatic N) is 1. The zero-order valence-corrected chi connectivity index (χ0v) is 21.8. The molecule has 1 amide bonds. The Morgan fingerprint density at radius 1 is 0.757 bits per heavy atom. The van der Waals surface area contributed by atoms with Gasteiger partial charge in [0.25, 0.3) is 5.91 Å². The van der Waals surface area contributed by atoms with E-state index in [0.29, 0.717) is 10.6 Å². The number of halogens is 1. The van der Waals surface area contributed by atoms with Gasteiger partial charge in [-0.1, -0.05) is 84.4 Å². The van der Waals surface area contributed by atoms with Crippen LogP contribution in [0, 0.1) is 0 Å². The van der Waals surface area contributed by atoms with Crippen molar-refractivity contribution in [2.75, 3.05) is 0 Å². The van der Waals surface area contributed by atoms with E-state index in [4.69, 9.17) is 11.6 Å². The second kappa shape index (κ2) is 10.5. The molecule has 5 nitrogen and oxygen atoms in total. The molecule has 4 aromatic rings. The van der Waals surface area contributed by atoms with E-state index in [9.17, 15) is 13.2 Å². The highest BCUT2D eigenvalue weighted by Crippen LogP contribution is 2.45. The topological polar surface area (TPSA) is 66.5 Å². The van der Waals surface area contributed by atoms with Gasteiger partial charge in [-0.25, -0.2) is 8.42 Å². The third-order valence-electron chi connectivity index (χ3n) is 6.66. The number of carbonyl (C=O) groups excluding carboxylic acids is 1. The van der Waals surface area contributed by atoms with Crippen LogP contribution in [0.3, 0.4) is 0 Å². The monoisotopic (exact) mass is 530 g/mol. The number of amides is 1. The van der Waals surface area contributed by atoms with Gasteiger partial charge >= 0.3 is 0 Å². The highest BCUT2D eigenvalue weighted by molar-refractivity contribution is 7.89. The van der Waals surface area contributed by atoms with E-state index in [1.807, 2.05) is 72.8 Å². The SMILES string of the molecule is O=C(NC1(c2ccccc2)CC1)c1ccc(CN(Cc2ccccc2)S(=O)(=O)c2ccc(Cl)cc2)cc1. The van der Waals surface area contributed by atoms with Crippen molar-refractivity contribution in [2.24, 2.45) is 0 Å². The molecule has 1 aliphatic rings. The molecule has 0 atom stereocenters. The molecular weight excluding hydrogens is 504 g/mol. The average molecular weight is 531 g/mol. The first-order valence-electron chi connectivity index (χ1n) is 12.1. The highest BCUT2D eigenvalue weighted by atomic mass is 35.5. The third kappa shape index (κ3) is 5.77. The van der Waals surface area contributed by atoms with Gasteiger partial charge in [-0.05, 0) is 65.9 Å². The Bertz CT molecular complexity index is 1470. The van der Waals surface area contributed by atoms with E-state index < -0.39 is 10.0 Å². The van der Waals surface area contributed by atoms with Crippen molar-refractivity contribution in [3.05, 3.63) is 136 Å². The number of carbonyl (C=O) groups is 1.